The third-order valence-electron chi connectivity index (χ3n) is 3.96. The van der Waals surface area contributed by atoms with Gasteiger partial charge in [-0.05, 0) is 38.3 Å². The van der Waals surface area contributed by atoms with Gasteiger partial charge >= 0.3 is 0 Å². The molecule has 0 atom stereocenters. The van der Waals surface area contributed by atoms with E-state index in [-0.39, 0.29) is 5.91 Å². The number of thiophene rings is 1. The largest absolute Gasteiger partial charge is 0.339 e. The lowest BCUT2D eigenvalue weighted by atomic mass is 10.1. The fourth-order valence-corrected chi connectivity index (χ4v) is 3.37. The Hall–Kier alpha value is -2.21. The van der Waals surface area contributed by atoms with Crippen LogP contribution in [0.25, 0.3) is 21.6 Å². The van der Waals surface area contributed by atoms with Gasteiger partial charge in [-0.1, -0.05) is 6.07 Å². The van der Waals surface area contributed by atoms with E-state index in [0.717, 1.165) is 28.1 Å². The standard InChI is InChI=1S/C17H20N4OS/c1-4-20(5-2)17(22)12-10-14(15-8-7-9-23-15)19-16-13(12)11-18-21(16)6-3/h7-11H,4-6H2,1-3H3. The van der Waals surface area contributed by atoms with Gasteiger partial charge in [0.05, 0.1) is 27.7 Å². The topological polar surface area (TPSA) is 51.0 Å². The Bertz CT molecular complexity index is 819. The molecule has 0 fully saturated rings. The molecule has 0 saturated heterocycles. The van der Waals surface area contributed by atoms with E-state index in [1.165, 1.54) is 0 Å². The maximum Gasteiger partial charge on any atom is 0.254 e. The summed E-state index contributed by atoms with van der Waals surface area (Å²) in [6.45, 7) is 8.12. The summed E-state index contributed by atoms with van der Waals surface area (Å²) in [6, 6.07) is 5.92. The number of nitrogens with zero attached hydrogens (tertiary/aromatic N) is 4. The summed E-state index contributed by atoms with van der Waals surface area (Å²) in [7, 11) is 0. The van der Waals surface area contributed by atoms with E-state index in [1.54, 1.807) is 17.5 Å². The van der Waals surface area contributed by atoms with Crippen LogP contribution in [-0.4, -0.2) is 38.7 Å². The maximum absolute atomic E-state index is 12.9. The van der Waals surface area contributed by atoms with Crippen LogP contribution in [-0.2, 0) is 6.54 Å². The number of aromatic nitrogens is 3. The van der Waals surface area contributed by atoms with Crippen LogP contribution in [0.2, 0.25) is 0 Å². The zero-order chi connectivity index (χ0) is 16.4. The molecular weight excluding hydrogens is 308 g/mol. The van der Waals surface area contributed by atoms with Gasteiger partial charge in [-0.2, -0.15) is 5.10 Å². The number of aryl methyl sites for hydroxylation is 1. The maximum atomic E-state index is 12.9. The van der Waals surface area contributed by atoms with Crippen molar-refractivity contribution < 1.29 is 4.79 Å². The van der Waals surface area contributed by atoms with E-state index < -0.39 is 0 Å². The summed E-state index contributed by atoms with van der Waals surface area (Å²) in [6.07, 6.45) is 1.75. The molecule has 0 radical (unpaired) electrons. The van der Waals surface area contributed by atoms with Crippen molar-refractivity contribution in [3.63, 3.8) is 0 Å². The van der Waals surface area contributed by atoms with Gasteiger partial charge in [0.2, 0.25) is 0 Å². The molecule has 23 heavy (non-hydrogen) atoms. The minimum Gasteiger partial charge on any atom is -0.339 e. The van der Waals surface area contributed by atoms with Crippen molar-refractivity contribution >= 4 is 28.3 Å². The number of carbonyl (C=O) groups is 1. The summed E-state index contributed by atoms with van der Waals surface area (Å²) in [5.41, 5.74) is 2.29. The minimum absolute atomic E-state index is 0.0378. The highest BCUT2D eigenvalue weighted by Gasteiger charge is 2.20. The molecule has 3 aromatic rings. The van der Waals surface area contributed by atoms with Crippen LogP contribution in [0.15, 0.2) is 29.8 Å². The van der Waals surface area contributed by atoms with Gasteiger partial charge in [0, 0.05) is 19.6 Å². The zero-order valence-electron chi connectivity index (χ0n) is 13.6. The SMILES string of the molecule is CCN(CC)C(=O)c1cc(-c2cccs2)nc2c1cnn2CC. The van der Waals surface area contributed by atoms with E-state index in [1.807, 2.05) is 53.9 Å². The van der Waals surface area contributed by atoms with Crippen LogP contribution in [0.4, 0.5) is 0 Å². The molecule has 0 N–H and O–H groups in total. The van der Waals surface area contributed by atoms with Crippen molar-refractivity contribution in [2.24, 2.45) is 0 Å². The van der Waals surface area contributed by atoms with Crippen molar-refractivity contribution in [2.45, 2.75) is 27.3 Å². The predicted octanol–water partition coefficient (Wildman–Crippen LogP) is 3.66. The molecule has 0 aliphatic carbocycles. The van der Waals surface area contributed by atoms with Gasteiger partial charge < -0.3 is 4.90 Å². The van der Waals surface area contributed by atoms with Crippen molar-refractivity contribution in [3.8, 4) is 10.6 Å². The monoisotopic (exact) mass is 328 g/mol. The number of pyridine rings is 1. The number of amides is 1. The first-order valence-corrected chi connectivity index (χ1v) is 8.77. The summed E-state index contributed by atoms with van der Waals surface area (Å²) in [5, 5.41) is 7.22. The van der Waals surface area contributed by atoms with Crippen LogP contribution in [0, 0.1) is 0 Å². The average molecular weight is 328 g/mol. The summed E-state index contributed by atoms with van der Waals surface area (Å²) in [5.74, 6) is 0.0378. The van der Waals surface area contributed by atoms with E-state index in [9.17, 15) is 4.79 Å². The van der Waals surface area contributed by atoms with E-state index in [4.69, 9.17) is 4.98 Å². The highest BCUT2D eigenvalue weighted by atomic mass is 32.1. The van der Waals surface area contributed by atoms with Crippen LogP contribution >= 0.6 is 11.3 Å². The molecular formula is C17H20N4OS. The van der Waals surface area contributed by atoms with Crippen molar-refractivity contribution in [1.82, 2.24) is 19.7 Å². The number of carbonyl (C=O) groups excluding carboxylic acids is 1. The summed E-state index contributed by atoms with van der Waals surface area (Å²) in [4.78, 5) is 20.5. The van der Waals surface area contributed by atoms with E-state index in [2.05, 4.69) is 5.10 Å². The Morgan fingerprint density at radius 3 is 2.70 bits per heavy atom. The lowest BCUT2D eigenvalue weighted by molar-refractivity contribution is 0.0775. The Morgan fingerprint density at radius 2 is 2.09 bits per heavy atom. The van der Waals surface area contributed by atoms with Crippen LogP contribution < -0.4 is 0 Å². The molecule has 0 spiro atoms. The smallest absolute Gasteiger partial charge is 0.254 e. The molecule has 0 aliphatic rings. The second kappa shape index (κ2) is 6.50. The normalized spacial score (nSPS) is 11.1. The molecule has 3 aromatic heterocycles. The molecule has 0 aromatic carbocycles. The number of rotatable bonds is 5. The Kier molecular flexibility index (Phi) is 4.43. The molecule has 120 valence electrons. The molecule has 0 bridgehead atoms. The first-order chi connectivity index (χ1) is 11.2. The molecule has 5 nitrogen and oxygen atoms in total. The highest BCUT2D eigenvalue weighted by Crippen LogP contribution is 2.28. The van der Waals surface area contributed by atoms with E-state index >= 15 is 0 Å². The lowest BCUT2D eigenvalue weighted by Gasteiger charge is -2.19. The van der Waals surface area contributed by atoms with Crippen LogP contribution in [0.5, 0.6) is 0 Å². The Balaban J connectivity index is 2.22. The molecule has 1 amide bonds. The van der Waals surface area contributed by atoms with Crippen LogP contribution in [0.1, 0.15) is 31.1 Å². The Morgan fingerprint density at radius 1 is 1.30 bits per heavy atom. The molecule has 3 rings (SSSR count). The van der Waals surface area contributed by atoms with Crippen molar-refractivity contribution in [3.05, 3.63) is 35.3 Å². The molecule has 0 saturated carbocycles. The first kappa shape index (κ1) is 15.7. The zero-order valence-corrected chi connectivity index (χ0v) is 14.4. The molecule has 0 aliphatic heterocycles. The van der Waals surface area contributed by atoms with Gasteiger partial charge in [0.15, 0.2) is 5.65 Å². The van der Waals surface area contributed by atoms with E-state index in [0.29, 0.717) is 18.7 Å². The number of hydrogen-bond donors (Lipinski definition) is 0. The third kappa shape index (κ3) is 2.74. The van der Waals surface area contributed by atoms with Crippen molar-refractivity contribution in [1.29, 1.82) is 0 Å². The highest BCUT2D eigenvalue weighted by molar-refractivity contribution is 7.13. The van der Waals surface area contributed by atoms with Crippen molar-refractivity contribution in [2.75, 3.05) is 13.1 Å². The van der Waals surface area contributed by atoms with Gasteiger partial charge in [0.1, 0.15) is 0 Å². The third-order valence-corrected chi connectivity index (χ3v) is 4.86. The second-order valence-electron chi connectivity index (χ2n) is 5.21. The fourth-order valence-electron chi connectivity index (χ4n) is 2.69. The van der Waals surface area contributed by atoms with Gasteiger partial charge in [-0.3, -0.25) is 4.79 Å². The van der Waals surface area contributed by atoms with Gasteiger partial charge in [-0.15, -0.1) is 11.3 Å². The van der Waals surface area contributed by atoms with Gasteiger partial charge in [0.25, 0.3) is 5.91 Å². The average Bonchev–Trinajstić information content (AvgIpc) is 3.24. The Labute approximate surface area is 139 Å². The summed E-state index contributed by atoms with van der Waals surface area (Å²) < 4.78 is 1.84. The molecule has 3 heterocycles. The predicted molar refractivity (Wildman–Crippen MR) is 93.8 cm³/mol. The first-order valence-electron chi connectivity index (χ1n) is 7.89. The molecule has 6 heteroatoms. The lowest BCUT2D eigenvalue weighted by Crippen LogP contribution is -2.30. The quantitative estimate of drug-likeness (QED) is 0.718. The summed E-state index contributed by atoms with van der Waals surface area (Å²) >= 11 is 1.62. The van der Waals surface area contributed by atoms with Gasteiger partial charge in [-0.25, -0.2) is 9.67 Å². The fraction of sp³-hybridized carbons (Fsp3) is 0.353. The number of fused-ring (bicyclic) bond motifs is 1. The minimum atomic E-state index is 0.0378. The van der Waals surface area contributed by atoms with Crippen LogP contribution in [0.3, 0.4) is 0 Å². The number of hydrogen-bond acceptors (Lipinski definition) is 4. The molecule has 0 unspecified atom stereocenters. The second-order valence-corrected chi connectivity index (χ2v) is 6.16.